The van der Waals surface area contributed by atoms with Crippen LogP contribution in [0.25, 0.3) is 0 Å². The first-order chi connectivity index (χ1) is 33.5. The van der Waals surface area contributed by atoms with Gasteiger partial charge in [-0.2, -0.15) is 0 Å². The lowest BCUT2D eigenvalue weighted by Crippen LogP contribution is -2.50. The number of carbonyl (C=O) groups excluding carboxylic acids is 4. The van der Waals surface area contributed by atoms with Gasteiger partial charge in [0.1, 0.15) is 12.6 Å². The minimum atomic E-state index is -0.0218. The van der Waals surface area contributed by atoms with Gasteiger partial charge in [-0.3, -0.25) is 19.4 Å². The van der Waals surface area contributed by atoms with Crippen molar-refractivity contribution in [2.24, 2.45) is 0 Å². The van der Waals surface area contributed by atoms with E-state index < -0.39 is 0 Å². The number of rotatable bonds is 54. The monoisotopic (exact) mass is 961 g/mol. The number of esters is 2. The van der Waals surface area contributed by atoms with E-state index in [0.29, 0.717) is 38.9 Å². The molecule has 1 heterocycles. The molecule has 0 unspecified atom stereocenters. The highest BCUT2D eigenvalue weighted by Gasteiger charge is 2.19. The molecular weight excluding hydrogens is 849 g/mol. The van der Waals surface area contributed by atoms with Crippen LogP contribution in [0.15, 0.2) is 0 Å². The average Bonchev–Trinajstić information content (AvgIpc) is 3.35. The van der Waals surface area contributed by atoms with E-state index in [4.69, 9.17) is 9.47 Å². The van der Waals surface area contributed by atoms with Crippen LogP contribution in [0.2, 0.25) is 0 Å². The third kappa shape index (κ3) is 44.1. The van der Waals surface area contributed by atoms with Gasteiger partial charge in [-0.25, -0.2) is 0 Å². The average molecular weight is 962 g/mol. The van der Waals surface area contributed by atoms with Crippen LogP contribution in [0, 0.1) is 0 Å². The second-order valence-corrected chi connectivity index (χ2v) is 20.5. The zero-order valence-electron chi connectivity index (χ0n) is 45.2. The van der Waals surface area contributed by atoms with E-state index >= 15 is 0 Å². The molecule has 10 heteroatoms. The smallest absolute Gasteiger partial charge is 0.305 e. The molecule has 0 spiro atoms. The SMILES string of the molecule is CCCCCCCCCCCOC(=O)CCCCCN(CCCCCCCC=O)CCN1CCN(CCN(CCCCCCCC=O)CCCCCC(=O)OCCCCCCCCCCC)CC1. The van der Waals surface area contributed by atoms with Crippen molar-refractivity contribution in [2.45, 2.75) is 258 Å². The highest BCUT2D eigenvalue weighted by molar-refractivity contribution is 5.69. The molecule has 0 saturated carbocycles. The fourth-order valence-electron chi connectivity index (χ4n) is 9.56. The van der Waals surface area contributed by atoms with Crippen molar-refractivity contribution < 1.29 is 28.7 Å². The molecule has 0 aromatic carbocycles. The van der Waals surface area contributed by atoms with E-state index in [1.165, 1.54) is 141 Å². The van der Waals surface area contributed by atoms with Crippen molar-refractivity contribution in [1.82, 2.24) is 19.6 Å². The molecule has 1 saturated heterocycles. The molecule has 0 aromatic heterocycles. The summed E-state index contributed by atoms with van der Waals surface area (Å²) in [5.74, 6) is -0.0435. The Morgan fingerprint density at radius 1 is 0.368 bits per heavy atom. The topological polar surface area (TPSA) is 99.7 Å². The number of carbonyl (C=O) groups is 4. The largest absolute Gasteiger partial charge is 0.466 e. The summed E-state index contributed by atoms with van der Waals surface area (Å²) < 4.78 is 11.1. The summed E-state index contributed by atoms with van der Waals surface area (Å²) in [6.07, 6.45) is 45.3. The minimum absolute atomic E-state index is 0.0218. The van der Waals surface area contributed by atoms with Gasteiger partial charge in [0.25, 0.3) is 0 Å². The number of nitrogens with zero attached hydrogens (tertiary/aromatic N) is 4. The second-order valence-electron chi connectivity index (χ2n) is 20.5. The summed E-state index contributed by atoms with van der Waals surface area (Å²) in [5, 5.41) is 0. The van der Waals surface area contributed by atoms with Crippen LogP contribution in [0.4, 0.5) is 0 Å². The molecule has 1 fully saturated rings. The van der Waals surface area contributed by atoms with Crippen LogP contribution in [-0.2, 0) is 28.7 Å². The van der Waals surface area contributed by atoms with E-state index in [9.17, 15) is 19.2 Å². The lowest BCUT2D eigenvalue weighted by atomic mass is 10.1. The van der Waals surface area contributed by atoms with E-state index in [2.05, 4.69) is 33.4 Å². The summed E-state index contributed by atoms with van der Waals surface area (Å²) >= 11 is 0. The van der Waals surface area contributed by atoms with Crippen molar-refractivity contribution in [3.63, 3.8) is 0 Å². The standard InChI is InChI=1S/C58H112N4O6/c1-3-5-7-9-11-13-19-25-37-55-67-57(65)39-29-27-33-43-59(41-31-21-15-17-23-35-53-63)45-47-61-49-51-62(52-50-61)48-46-60(42-32-22-16-18-24-36-54-64)44-34-28-30-40-58(66)68-56-38-26-20-14-12-10-8-6-4-2/h53-54H,3-52,55-56H2,1-2H3. The number of hydrogen-bond donors (Lipinski definition) is 0. The summed E-state index contributed by atoms with van der Waals surface area (Å²) in [6.45, 7) is 19.1. The molecule has 1 aliphatic rings. The molecule has 1 aliphatic heterocycles. The van der Waals surface area contributed by atoms with E-state index in [-0.39, 0.29) is 11.9 Å². The molecule has 1 rings (SSSR count). The molecule has 10 nitrogen and oxygen atoms in total. The number of aldehydes is 2. The highest BCUT2D eigenvalue weighted by Crippen LogP contribution is 2.14. The maximum atomic E-state index is 12.4. The number of ether oxygens (including phenoxy) is 2. The third-order valence-corrected chi connectivity index (χ3v) is 14.3. The van der Waals surface area contributed by atoms with Crippen LogP contribution in [-0.4, -0.2) is 136 Å². The normalized spacial score (nSPS) is 13.5. The van der Waals surface area contributed by atoms with Gasteiger partial charge in [-0.05, 0) is 90.4 Å². The Balaban J connectivity index is 2.40. The predicted molar refractivity (Wildman–Crippen MR) is 287 cm³/mol. The van der Waals surface area contributed by atoms with E-state index in [1.807, 2.05) is 0 Å². The van der Waals surface area contributed by atoms with Crippen molar-refractivity contribution in [1.29, 1.82) is 0 Å². The second kappa shape index (κ2) is 51.5. The Morgan fingerprint density at radius 3 is 0.971 bits per heavy atom. The molecule has 0 atom stereocenters. The van der Waals surface area contributed by atoms with Crippen LogP contribution in [0.5, 0.6) is 0 Å². The molecule has 68 heavy (non-hydrogen) atoms. The minimum Gasteiger partial charge on any atom is -0.466 e. The molecule has 400 valence electrons. The lowest BCUT2D eigenvalue weighted by Gasteiger charge is -2.37. The predicted octanol–water partition coefficient (Wildman–Crippen LogP) is 13.6. The zero-order valence-corrected chi connectivity index (χ0v) is 45.2. The van der Waals surface area contributed by atoms with Crippen LogP contribution >= 0.6 is 0 Å². The molecule has 0 aromatic rings. The Bertz CT molecular complexity index is 1020. The highest BCUT2D eigenvalue weighted by atomic mass is 16.5. The first kappa shape index (κ1) is 64.1. The van der Waals surface area contributed by atoms with Gasteiger partial charge >= 0.3 is 11.9 Å². The molecule has 0 aliphatic carbocycles. The Morgan fingerprint density at radius 2 is 0.647 bits per heavy atom. The Kier molecular flexibility index (Phi) is 48.5. The van der Waals surface area contributed by atoms with E-state index in [1.54, 1.807) is 0 Å². The maximum Gasteiger partial charge on any atom is 0.305 e. The van der Waals surface area contributed by atoms with Crippen molar-refractivity contribution in [2.75, 3.05) is 91.8 Å². The van der Waals surface area contributed by atoms with Gasteiger partial charge < -0.3 is 28.9 Å². The number of piperazine rings is 1. The van der Waals surface area contributed by atoms with Crippen molar-refractivity contribution in [3.8, 4) is 0 Å². The molecule has 0 N–H and O–H groups in total. The molecule has 0 bridgehead atoms. The van der Waals surface area contributed by atoms with E-state index in [0.717, 1.165) is 168 Å². The fourth-order valence-corrected chi connectivity index (χ4v) is 9.56. The van der Waals surface area contributed by atoms with Crippen molar-refractivity contribution >= 4 is 24.5 Å². The fraction of sp³-hybridized carbons (Fsp3) is 0.931. The number of hydrogen-bond acceptors (Lipinski definition) is 10. The Labute approximate surface area is 420 Å². The van der Waals surface area contributed by atoms with Gasteiger partial charge in [-0.1, -0.05) is 168 Å². The summed E-state index contributed by atoms with van der Waals surface area (Å²) in [6, 6.07) is 0. The zero-order chi connectivity index (χ0) is 49.1. The Hall–Kier alpha value is -1.88. The lowest BCUT2D eigenvalue weighted by molar-refractivity contribution is -0.144. The summed E-state index contributed by atoms with van der Waals surface area (Å²) in [4.78, 5) is 56.9. The molecular formula is C58H112N4O6. The van der Waals surface area contributed by atoms with Gasteiger partial charge in [0.15, 0.2) is 0 Å². The first-order valence-electron chi connectivity index (χ1n) is 29.6. The van der Waals surface area contributed by atoms with Gasteiger partial charge in [0.2, 0.25) is 0 Å². The molecule has 0 amide bonds. The van der Waals surface area contributed by atoms with Gasteiger partial charge in [0, 0.05) is 78.0 Å². The third-order valence-electron chi connectivity index (χ3n) is 14.3. The van der Waals surface area contributed by atoms with Gasteiger partial charge in [-0.15, -0.1) is 0 Å². The number of unbranched alkanes of at least 4 members (excludes halogenated alkanes) is 30. The van der Waals surface area contributed by atoms with Crippen LogP contribution in [0.1, 0.15) is 258 Å². The molecule has 0 radical (unpaired) electrons. The summed E-state index contributed by atoms with van der Waals surface area (Å²) in [7, 11) is 0. The van der Waals surface area contributed by atoms with Crippen LogP contribution in [0.3, 0.4) is 0 Å². The first-order valence-corrected chi connectivity index (χ1v) is 29.6. The van der Waals surface area contributed by atoms with Crippen LogP contribution < -0.4 is 0 Å². The summed E-state index contributed by atoms with van der Waals surface area (Å²) in [5.41, 5.74) is 0. The quantitative estimate of drug-likeness (QED) is 0.0333. The van der Waals surface area contributed by atoms with Crippen molar-refractivity contribution in [3.05, 3.63) is 0 Å². The van der Waals surface area contributed by atoms with Gasteiger partial charge in [0.05, 0.1) is 13.2 Å². The maximum absolute atomic E-state index is 12.4.